The average molecular weight is 334 g/mol. The zero-order valence-electron chi connectivity index (χ0n) is 14.6. The van der Waals surface area contributed by atoms with Crippen molar-refractivity contribution in [1.82, 2.24) is 15.1 Å². The molecular formula is C19H31N3S. The monoisotopic (exact) mass is 333 g/mol. The Balaban J connectivity index is 1.52. The number of piperidine rings is 1. The van der Waals surface area contributed by atoms with Gasteiger partial charge in [-0.1, -0.05) is 24.3 Å². The van der Waals surface area contributed by atoms with E-state index in [0.29, 0.717) is 12.1 Å². The number of fused-ring (bicyclic) bond motifs is 1. The lowest BCUT2D eigenvalue weighted by Crippen LogP contribution is -2.45. The molecule has 0 bridgehead atoms. The lowest BCUT2D eigenvalue weighted by atomic mass is 9.97. The number of hydrogen-bond acceptors (Lipinski definition) is 4. The van der Waals surface area contributed by atoms with Crippen molar-refractivity contribution in [3.8, 4) is 0 Å². The average Bonchev–Trinajstić information content (AvgIpc) is 2.77. The number of benzene rings is 1. The van der Waals surface area contributed by atoms with Gasteiger partial charge in [-0.3, -0.25) is 0 Å². The normalized spacial score (nSPS) is 23.7. The highest BCUT2D eigenvalue weighted by Crippen LogP contribution is 2.28. The van der Waals surface area contributed by atoms with Crippen LogP contribution in [0.3, 0.4) is 0 Å². The molecule has 0 unspecified atom stereocenters. The molecule has 2 aliphatic heterocycles. The molecule has 0 radical (unpaired) electrons. The van der Waals surface area contributed by atoms with Crippen LogP contribution in [0.2, 0.25) is 0 Å². The summed E-state index contributed by atoms with van der Waals surface area (Å²) in [5.74, 6) is 2.48. The molecule has 2 aliphatic rings. The SMILES string of the molecule is CN(C)CCN1CCC(N[C@H]2CSCCc3ccccc32)CC1. The molecule has 4 heteroatoms. The van der Waals surface area contributed by atoms with Crippen molar-refractivity contribution >= 4 is 11.8 Å². The van der Waals surface area contributed by atoms with Gasteiger partial charge in [0.2, 0.25) is 0 Å². The number of likely N-dealkylation sites (tertiary alicyclic amines) is 1. The van der Waals surface area contributed by atoms with Crippen LogP contribution in [0.4, 0.5) is 0 Å². The lowest BCUT2D eigenvalue weighted by Gasteiger charge is -2.35. The summed E-state index contributed by atoms with van der Waals surface area (Å²) in [4.78, 5) is 4.90. The van der Waals surface area contributed by atoms with Crippen molar-refractivity contribution in [2.24, 2.45) is 0 Å². The van der Waals surface area contributed by atoms with Crippen LogP contribution in [-0.2, 0) is 6.42 Å². The second kappa shape index (κ2) is 8.52. The molecule has 1 N–H and O–H groups in total. The first-order valence-corrected chi connectivity index (χ1v) is 10.2. The number of aryl methyl sites for hydroxylation is 1. The van der Waals surface area contributed by atoms with Crippen molar-refractivity contribution in [2.75, 3.05) is 51.8 Å². The van der Waals surface area contributed by atoms with Crippen LogP contribution in [0.5, 0.6) is 0 Å². The second-order valence-electron chi connectivity index (χ2n) is 7.16. The largest absolute Gasteiger partial charge is 0.308 e. The Labute approximate surface area is 145 Å². The zero-order valence-corrected chi connectivity index (χ0v) is 15.4. The molecule has 1 atom stereocenters. The van der Waals surface area contributed by atoms with E-state index in [-0.39, 0.29) is 0 Å². The molecule has 0 aromatic heterocycles. The minimum atomic E-state index is 0.539. The van der Waals surface area contributed by atoms with Crippen molar-refractivity contribution in [2.45, 2.75) is 31.3 Å². The molecule has 1 fully saturated rings. The topological polar surface area (TPSA) is 18.5 Å². The summed E-state index contributed by atoms with van der Waals surface area (Å²) in [5.41, 5.74) is 3.10. The third-order valence-corrected chi connectivity index (χ3v) is 6.18. The summed E-state index contributed by atoms with van der Waals surface area (Å²) in [6.07, 6.45) is 3.80. The molecule has 3 rings (SSSR count). The lowest BCUT2D eigenvalue weighted by molar-refractivity contribution is 0.178. The van der Waals surface area contributed by atoms with Crippen molar-refractivity contribution in [3.05, 3.63) is 35.4 Å². The van der Waals surface area contributed by atoms with Gasteiger partial charge in [-0.05, 0) is 63.3 Å². The standard InChI is InChI=1S/C19H31N3S/c1-21(2)12-13-22-10-7-17(8-11-22)20-19-15-23-14-9-16-5-3-4-6-18(16)19/h3-6,17,19-20H,7-15H2,1-2H3/t19-/m0/s1. The number of rotatable bonds is 5. The van der Waals surface area contributed by atoms with Gasteiger partial charge in [-0.2, -0.15) is 11.8 Å². The molecule has 0 spiro atoms. The van der Waals surface area contributed by atoms with E-state index in [4.69, 9.17) is 0 Å². The van der Waals surface area contributed by atoms with E-state index in [9.17, 15) is 0 Å². The molecule has 1 saturated heterocycles. The fourth-order valence-corrected chi connectivity index (χ4v) is 4.70. The molecule has 1 aromatic carbocycles. The fourth-order valence-electron chi connectivity index (χ4n) is 3.66. The van der Waals surface area contributed by atoms with E-state index in [1.165, 1.54) is 56.9 Å². The van der Waals surface area contributed by atoms with Crippen LogP contribution in [0, 0.1) is 0 Å². The molecular weight excluding hydrogens is 302 g/mol. The van der Waals surface area contributed by atoms with Gasteiger partial charge in [0, 0.05) is 30.9 Å². The fraction of sp³-hybridized carbons (Fsp3) is 0.684. The summed E-state index contributed by atoms with van der Waals surface area (Å²) < 4.78 is 0. The highest BCUT2D eigenvalue weighted by molar-refractivity contribution is 7.99. The minimum Gasteiger partial charge on any atom is -0.308 e. The number of hydrogen-bond donors (Lipinski definition) is 1. The Hall–Kier alpha value is -0.550. The quantitative estimate of drug-likeness (QED) is 0.892. The minimum absolute atomic E-state index is 0.539. The van der Waals surface area contributed by atoms with Crippen LogP contribution < -0.4 is 5.32 Å². The molecule has 128 valence electrons. The Morgan fingerprint density at radius 3 is 2.78 bits per heavy atom. The molecule has 3 nitrogen and oxygen atoms in total. The van der Waals surface area contributed by atoms with Crippen LogP contribution >= 0.6 is 11.8 Å². The van der Waals surface area contributed by atoms with Gasteiger partial charge in [-0.15, -0.1) is 0 Å². The third-order valence-electron chi connectivity index (χ3n) is 5.12. The maximum Gasteiger partial charge on any atom is 0.0416 e. The third kappa shape index (κ3) is 4.96. The number of nitrogens with zero attached hydrogens (tertiary/aromatic N) is 2. The van der Waals surface area contributed by atoms with E-state index in [2.05, 4.69) is 65.2 Å². The molecule has 0 aliphatic carbocycles. The summed E-state index contributed by atoms with van der Waals surface area (Å²) in [7, 11) is 4.32. The van der Waals surface area contributed by atoms with Gasteiger partial charge in [0.05, 0.1) is 0 Å². The maximum atomic E-state index is 3.98. The van der Waals surface area contributed by atoms with E-state index < -0.39 is 0 Å². The van der Waals surface area contributed by atoms with Gasteiger partial charge >= 0.3 is 0 Å². The van der Waals surface area contributed by atoms with Crippen molar-refractivity contribution in [3.63, 3.8) is 0 Å². The first-order chi connectivity index (χ1) is 11.2. The molecule has 0 saturated carbocycles. The zero-order chi connectivity index (χ0) is 16.1. The predicted molar refractivity (Wildman–Crippen MR) is 101 cm³/mol. The van der Waals surface area contributed by atoms with E-state index in [0.717, 1.165) is 0 Å². The predicted octanol–water partition coefficient (Wildman–Crippen LogP) is 2.63. The van der Waals surface area contributed by atoms with Crippen LogP contribution in [-0.4, -0.2) is 67.6 Å². The van der Waals surface area contributed by atoms with Crippen LogP contribution in [0.25, 0.3) is 0 Å². The van der Waals surface area contributed by atoms with E-state index in [1.54, 1.807) is 11.1 Å². The summed E-state index contributed by atoms with van der Waals surface area (Å²) in [6.45, 7) is 4.87. The first kappa shape index (κ1) is 17.3. The molecule has 2 heterocycles. The second-order valence-corrected chi connectivity index (χ2v) is 8.31. The Bertz CT molecular complexity index is 483. The van der Waals surface area contributed by atoms with Gasteiger partial charge in [0.1, 0.15) is 0 Å². The van der Waals surface area contributed by atoms with Crippen molar-refractivity contribution in [1.29, 1.82) is 0 Å². The summed E-state index contributed by atoms with van der Waals surface area (Å²) in [5, 5.41) is 3.98. The van der Waals surface area contributed by atoms with Crippen LogP contribution in [0.15, 0.2) is 24.3 Å². The number of nitrogens with one attached hydrogen (secondary N) is 1. The molecule has 23 heavy (non-hydrogen) atoms. The van der Waals surface area contributed by atoms with E-state index >= 15 is 0 Å². The number of likely N-dealkylation sites (N-methyl/N-ethyl adjacent to an activating group) is 1. The van der Waals surface area contributed by atoms with Crippen LogP contribution in [0.1, 0.15) is 30.0 Å². The van der Waals surface area contributed by atoms with Crippen molar-refractivity contribution < 1.29 is 0 Å². The van der Waals surface area contributed by atoms with Gasteiger partial charge in [0.25, 0.3) is 0 Å². The smallest absolute Gasteiger partial charge is 0.0416 e. The summed E-state index contributed by atoms with van der Waals surface area (Å²) in [6, 6.07) is 10.3. The van der Waals surface area contributed by atoms with Gasteiger partial charge in [-0.25, -0.2) is 0 Å². The Morgan fingerprint density at radius 2 is 2.00 bits per heavy atom. The van der Waals surface area contributed by atoms with Gasteiger partial charge < -0.3 is 15.1 Å². The Kier molecular flexibility index (Phi) is 6.40. The van der Waals surface area contributed by atoms with Gasteiger partial charge in [0.15, 0.2) is 0 Å². The highest BCUT2D eigenvalue weighted by atomic mass is 32.2. The highest BCUT2D eigenvalue weighted by Gasteiger charge is 2.24. The summed E-state index contributed by atoms with van der Waals surface area (Å²) >= 11 is 2.10. The number of thioether (sulfide) groups is 1. The maximum absolute atomic E-state index is 3.98. The molecule has 1 aromatic rings. The first-order valence-electron chi connectivity index (χ1n) is 9.01. The Morgan fingerprint density at radius 1 is 1.22 bits per heavy atom. The molecule has 0 amide bonds. The van der Waals surface area contributed by atoms with E-state index in [1.807, 2.05) is 0 Å².